The van der Waals surface area contributed by atoms with Gasteiger partial charge in [0.2, 0.25) is 0 Å². The van der Waals surface area contributed by atoms with Crippen molar-refractivity contribution in [1.29, 1.82) is 0 Å². The molecule has 1 fully saturated rings. The van der Waals surface area contributed by atoms with Crippen molar-refractivity contribution in [3.8, 4) is 0 Å². The Morgan fingerprint density at radius 2 is 2.14 bits per heavy atom. The van der Waals surface area contributed by atoms with Crippen LogP contribution in [0.25, 0.3) is 0 Å². The second kappa shape index (κ2) is 5.16. The predicted octanol–water partition coefficient (Wildman–Crippen LogP) is 2.66. The molecule has 1 aliphatic rings. The first kappa shape index (κ1) is 12.0. The Kier molecular flexibility index (Phi) is 4.44. The normalized spacial score (nSPS) is 22.9. The van der Waals surface area contributed by atoms with Gasteiger partial charge in [0, 0.05) is 17.5 Å². The molecule has 1 aliphatic heterocycles. The van der Waals surface area contributed by atoms with E-state index in [1.807, 2.05) is 42.4 Å². The highest BCUT2D eigenvalue weighted by Crippen LogP contribution is 2.29. The van der Waals surface area contributed by atoms with E-state index in [9.17, 15) is 4.79 Å². The number of hydrogen-bond donors (Lipinski definition) is 1. The quantitative estimate of drug-likeness (QED) is 0.709. The molecular weight excluding hydrogens is 218 g/mol. The molecular formula is C9H17NO2S2. The Hall–Kier alpha value is -0.0300. The summed E-state index contributed by atoms with van der Waals surface area (Å²) in [6, 6.07) is 0.274. The number of carbonyl (C=O) groups excluding carboxylic acids is 1. The van der Waals surface area contributed by atoms with Gasteiger partial charge in [-0.3, -0.25) is 0 Å². The topological polar surface area (TPSA) is 38.3 Å². The Labute approximate surface area is 93.1 Å². The summed E-state index contributed by atoms with van der Waals surface area (Å²) in [5, 5.41) is 2.88. The molecule has 1 amide bonds. The lowest BCUT2D eigenvalue weighted by Crippen LogP contribution is -2.41. The fraction of sp³-hybridized carbons (Fsp3) is 0.889. The van der Waals surface area contributed by atoms with E-state index in [-0.39, 0.29) is 12.1 Å². The van der Waals surface area contributed by atoms with E-state index < -0.39 is 5.60 Å². The summed E-state index contributed by atoms with van der Waals surface area (Å²) in [4.78, 5) is 11.4. The van der Waals surface area contributed by atoms with Gasteiger partial charge in [-0.05, 0) is 27.2 Å². The van der Waals surface area contributed by atoms with E-state index >= 15 is 0 Å². The summed E-state index contributed by atoms with van der Waals surface area (Å²) in [6.07, 6.45) is 0.742. The SMILES string of the molecule is CC(C)(C)OC(=O)N[C@H]1CCSSC1. The van der Waals surface area contributed by atoms with Gasteiger partial charge >= 0.3 is 6.09 Å². The molecule has 1 rings (SSSR count). The molecule has 3 nitrogen and oxygen atoms in total. The van der Waals surface area contributed by atoms with Crippen molar-refractivity contribution in [2.24, 2.45) is 0 Å². The molecule has 0 aromatic carbocycles. The van der Waals surface area contributed by atoms with Gasteiger partial charge in [-0.25, -0.2) is 4.79 Å². The molecule has 1 atom stereocenters. The molecule has 0 spiro atoms. The monoisotopic (exact) mass is 235 g/mol. The maximum Gasteiger partial charge on any atom is 0.407 e. The number of rotatable bonds is 1. The van der Waals surface area contributed by atoms with E-state index in [4.69, 9.17) is 4.74 Å². The zero-order chi connectivity index (χ0) is 10.6. The molecule has 0 bridgehead atoms. The lowest BCUT2D eigenvalue weighted by atomic mass is 10.2. The number of alkyl carbamates (subject to hydrolysis) is 1. The van der Waals surface area contributed by atoms with Crippen LogP contribution in [-0.2, 0) is 4.74 Å². The smallest absolute Gasteiger partial charge is 0.407 e. The summed E-state index contributed by atoms with van der Waals surface area (Å²) in [6.45, 7) is 5.62. The zero-order valence-electron chi connectivity index (χ0n) is 8.83. The second-order valence-electron chi connectivity index (χ2n) is 4.24. The fourth-order valence-electron chi connectivity index (χ4n) is 1.05. The highest BCUT2D eigenvalue weighted by atomic mass is 33.1. The largest absolute Gasteiger partial charge is 0.444 e. The first-order chi connectivity index (χ1) is 6.47. The molecule has 1 heterocycles. The lowest BCUT2D eigenvalue weighted by molar-refractivity contribution is 0.0509. The van der Waals surface area contributed by atoms with E-state index in [2.05, 4.69) is 5.32 Å². The summed E-state index contributed by atoms with van der Waals surface area (Å²) in [5.74, 6) is 2.08. The van der Waals surface area contributed by atoms with Crippen molar-refractivity contribution >= 4 is 27.7 Å². The van der Waals surface area contributed by atoms with Crippen LogP contribution in [0.5, 0.6) is 0 Å². The molecule has 1 N–H and O–H groups in total. The summed E-state index contributed by atoms with van der Waals surface area (Å²) >= 11 is 0. The van der Waals surface area contributed by atoms with Crippen molar-refractivity contribution in [2.75, 3.05) is 11.5 Å². The third kappa shape index (κ3) is 5.00. The van der Waals surface area contributed by atoms with Crippen molar-refractivity contribution < 1.29 is 9.53 Å². The molecule has 0 unspecified atom stereocenters. The van der Waals surface area contributed by atoms with Crippen LogP contribution in [0.4, 0.5) is 4.79 Å². The van der Waals surface area contributed by atoms with Gasteiger partial charge in [0.1, 0.15) is 5.60 Å². The van der Waals surface area contributed by atoms with Crippen LogP contribution in [0.3, 0.4) is 0 Å². The van der Waals surface area contributed by atoms with Crippen LogP contribution < -0.4 is 5.32 Å². The van der Waals surface area contributed by atoms with Gasteiger partial charge in [0.15, 0.2) is 0 Å². The Morgan fingerprint density at radius 3 is 2.64 bits per heavy atom. The summed E-state index contributed by atoms with van der Waals surface area (Å²) < 4.78 is 5.17. The third-order valence-corrected chi connectivity index (χ3v) is 4.14. The minimum atomic E-state index is -0.402. The van der Waals surface area contributed by atoms with Crippen LogP contribution in [0.1, 0.15) is 27.2 Å². The summed E-state index contributed by atoms with van der Waals surface area (Å²) in [5.41, 5.74) is -0.402. The van der Waals surface area contributed by atoms with Crippen molar-refractivity contribution in [3.63, 3.8) is 0 Å². The second-order valence-corrected chi connectivity index (χ2v) is 6.87. The molecule has 0 radical (unpaired) electrons. The Balaban J connectivity index is 2.25. The van der Waals surface area contributed by atoms with Crippen LogP contribution in [0.15, 0.2) is 0 Å². The van der Waals surface area contributed by atoms with Crippen LogP contribution in [0, 0.1) is 0 Å². The van der Waals surface area contributed by atoms with E-state index in [1.165, 1.54) is 0 Å². The molecule has 14 heavy (non-hydrogen) atoms. The van der Waals surface area contributed by atoms with Crippen molar-refractivity contribution in [3.05, 3.63) is 0 Å². The van der Waals surface area contributed by atoms with Gasteiger partial charge in [-0.15, -0.1) is 0 Å². The van der Waals surface area contributed by atoms with E-state index in [1.54, 1.807) is 0 Å². The minimum absolute atomic E-state index is 0.274. The highest BCUT2D eigenvalue weighted by molar-refractivity contribution is 8.76. The molecule has 0 aromatic rings. The average Bonchev–Trinajstić information content (AvgIpc) is 2.02. The number of nitrogens with one attached hydrogen (secondary N) is 1. The van der Waals surface area contributed by atoms with Gasteiger partial charge < -0.3 is 10.1 Å². The van der Waals surface area contributed by atoms with E-state index in [0.29, 0.717) is 0 Å². The molecule has 82 valence electrons. The predicted molar refractivity (Wildman–Crippen MR) is 62.7 cm³/mol. The fourth-order valence-corrected chi connectivity index (χ4v) is 3.48. The number of ether oxygens (including phenoxy) is 1. The molecule has 0 saturated carbocycles. The standard InChI is InChI=1S/C9H17NO2S2/c1-9(2,3)12-8(11)10-7-4-5-13-14-6-7/h7H,4-6H2,1-3H3,(H,10,11)/t7-/m0/s1. The highest BCUT2D eigenvalue weighted by Gasteiger charge is 2.21. The van der Waals surface area contributed by atoms with Crippen LogP contribution >= 0.6 is 21.6 Å². The maximum atomic E-state index is 11.4. The molecule has 5 heteroatoms. The Bertz CT molecular complexity index is 197. The number of amides is 1. The zero-order valence-corrected chi connectivity index (χ0v) is 10.5. The lowest BCUT2D eigenvalue weighted by Gasteiger charge is -2.25. The minimum Gasteiger partial charge on any atom is -0.444 e. The molecule has 0 aromatic heterocycles. The van der Waals surface area contributed by atoms with Gasteiger partial charge in [0.25, 0.3) is 0 Å². The van der Waals surface area contributed by atoms with E-state index in [0.717, 1.165) is 17.9 Å². The Morgan fingerprint density at radius 1 is 1.43 bits per heavy atom. The molecule has 1 saturated heterocycles. The van der Waals surface area contributed by atoms with Crippen molar-refractivity contribution in [2.45, 2.75) is 38.8 Å². The van der Waals surface area contributed by atoms with Gasteiger partial charge in [0.05, 0.1) is 0 Å². The maximum absolute atomic E-state index is 11.4. The first-order valence-electron chi connectivity index (χ1n) is 4.71. The summed E-state index contributed by atoms with van der Waals surface area (Å²) in [7, 11) is 3.67. The number of hydrogen-bond acceptors (Lipinski definition) is 4. The van der Waals surface area contributed by atoms with Gasteiger partial charge in [-0.2, -0.15) is 0 Å². The van der Waals surface area contributed by atoms with Crippen molar-refractivity contribution in [1.82, 2.24) is 5.32 Å². The average molecular weight is 235 g/mol. The van der Waals surface area contributed by atoms with Gasteiger partial charge in [-0.1, -0.05) is 21.6 Å². The van der Waals surface area contributed by atoms with Crippen LogP contribution in [-0.4, -0.2) is 29.2 Å². The molecule has 0 aliphatic carbocycles. The first-order valence-corrected chi connectivity index (χ1v) is 7.20. The van der Waals surface area contributed by atoms with Crippen LogP contribution in [0.2, 0.25) is 0 Å². The number of carbonyl (C=O) groups is 1. The third-order valence-electron chi connectivity index (χ3n) is 1.62.